The van der Waals surface area contributed by atoms with Crippen molar-refractivity contribution in [1.29, 1.82) is 0 Å². The molecule has 0 spiro atoms. The van der Waals surface area contributed by atoms with Gasteiger partial charge >= 0.3 is 6.09 Å². The first-order valence-corrected chi connectivity index (χ1v) is 8.21. The van der Waals surface area contributed by atoms with Crippen LogP contribution in [-0.4, -0.2) is 49.9 Å². The van der Waals surface area contributed by atoms with Crippen LogP contribution in [0, 0.1) is 0 Å². The van der Waals surface area contributed by atoms with Gasteiger partial charge in [-0.3, -0.25) is 0 Å². The van der Waals surface area contributed by atoms with Crippen LogP contribution in [0.5, 0.6) is 0 Å². The van der Waals surface area contributed by atoms with E-state index >= 15 is 0 Å². The fraction of sp³-hybridized carbons (Fsp3) is 0.462. The number of aliphatic hydroxyl groups excluding tert-OH is 1. The quantitative estimate of drug-likeness (QED) is 0.639. The Morgan fingerprint density at radius 2 is 1.86 bits per heavy atom. The normalized spacial score (nSPS) is 13.0. The lowest BCUT2D eigenvalue weighted by Gasteiger charge is -2.20. The molecule has 0 aliphatic rings. The zero-order chi connectivity index (χ0) is 16.0. The maximum Gasteiger partial charge on any atom is 0.407 e. The van der Waals surface area contributed by atoms with Gasteiger partial charge in [-0.2, -0.15) is 0 Å². The molecule has 1 aromatic rings. The van der Waals surface area contributed by atoms with Crippen molar-refractivity contribution in [2.75, 3.05) is 12.9 Å². The van der Waals surface area contributed by atoms with Crippen molar-refractivity contribution in [1.82, 2.24) is 5.32 Å². The molecular formula is C13H19NO6S. The summed E-state index contributed by atoms with van der Waals surface area (Å²) in [4.78, 5) is 11.5. The highest BCUT2D eigenvalue weighted by Gasteiger charge is 2.20. The molecule has 0 radical (unpaired) electrons. The van der Waals surface area contributed by atoms with E-state index in [1.165, 1.54) is 12.1 Å². The Kier molecular flexibility index (Phi) is 6.13. The molecule has 1 amide bonds. The highest BCUT2D eigenvalue weighted by atomic mass is 32.2. The Bertz CT molecular complexity index is 567. The monoisotopic (exact) mass is 317 g/mol. The van der Waals surface area contributed by atoms with Crippen molar-refractivity contribution in [3.8, 4) is 0 Å². The van der Waals surface area contributed by atoms with Crippen molar-refractivity contribution in [3.63, 3.8) is 0 Å². The second kappa shape index (κ2) is 7.39. The number of ether oxygens (including phenoxy) is 1. The lowest BCUT2D eigenvalue weighted by Crippen LogP contribution is -2.45. The van der Waals surface area contributed by atoms with Gasteiger partial charge in [0, 0.05) is 6.26 Å². The Balaban J connectivity index is 2.78. The zero-order valence-electron chi connectivity index (χ0n) is 11.8. The summed E-state index contributed by atoms with van der Waals surface area (Å²) in [7, 11) is -3.28. The number of hydrogen-bond donors (Lipinski definition) is 3. The van der Waals surface area contributed by atoms with E-state index in [2.05, 4.69) is 10.1 Å². The van der Waals surface area contributed by atoms with Crippen LogP contribution < -0.4 is 5.32 Å². The maximum absolute atomic E-state index is 11.3. The van der Waals surface area contributed by atoms with E-state index in [-0.39, 0.29) is 17.9 Å². The van der Waals surface area contributed by atoms with Crippen LogP contribution in [0.3, 0.4) is 0 Å². The minimum absolute atomic E-state index is 0.126. The summed E-state index contributed by atoms with van der Waals surface area (Å²) in [6, 6.07) is 5.01. The maximum atomic E-state index is 11.3. The summed E-state index contributed by atoms with van der Waals surface area (Å²) in [5.74, 6) is 0. The second-order valence-corrected chi connectivity index (χ2v) is 6.52. The SMILES string of the molecule is CCOC(=O)NC(Cc1ccc(S(C)(=O)=O)cc1)C(O)O. The topological polar surface area (TPSA) is 113 Å². The van der Waals surface area contributed by atoms with Crippen molar-refractivity contribution in [3.05, 3.63) is 29.8 Å². The molecule has 0 saturated carbocycles. The molecule has 7 nitrogen and oxygen atoms in total. The van der Waals surface area contributed by atoms with Gasteiger partial charge < -0.3 is 20.3 Å². The van der Waals surface area contributed by atoms with Gasteiger partial charge in [0.05, 0.1) is 17.5 Å². The van der Waals surface area contributed by atoms with Crippen LogP contribution >= 0.6 is 0 Å². The first-order chi connectivity index (χ1) is 9.74. The summed E-state index contributed by atoms with van der Waals surface area (Å²) in [5, 5.41) is 20.9. The van der Waals surface area contributed by atoms with E-state index in [1.807, 2.05) is 0 Å². The van der Waals surface area contributed by atoms with E-state index in [4.69, 9.17) is 0 Å². The van der Waals surface area contributed by atoms with Crippen LogP contribution in [0.2, 0.25) is 0 Å². The van der Waals surface area contributed by atoms with Crippen molar-refractivity contribution < 1.29 is 28.2 Å². The van der Waals surface area contributed by atoms with Crippen molar-refractivity contribution >= 4 is 15.9 Å². The van der Waals surface area contributed by atoms with E-state index < -0.39 is 28.3 Å². The van der Waals surface area contributed by atoms with Crippen LogP contribution in [0.4, 0.5) is 4.79 Å². The minimum atomic E-state index is -3.28. The van der Waals surface area contributed by atoms with Gasteiger partial charge in [-0.15, -0.1) is 0 Å². The highest BCUT2D eigenvalue weighted by molar-refractivity contribution is 7.90. The number of carbonyl (C=O) groups excluding carboxylic acids is 1. The lowest BCUT2D eigenvalue weighted by molar-refractivity contribution is -0.0658. The van der Waals surface area contributed by atoms with Crippen molar-refractivity contribution in [2.45, 2.75) is 30.6 Å². The molecule has 3 N–H and O–H groups in total. The number of hydrogen-bond acceptors (Lipinski definition) is 6. The fourth-order valence-electron chi connectivity index (χ4n) is 1.68. The molecule has 1 aromatic carbocycles. The molecule has 1 atom stereocenters. The van der Waals surface area contributed by atoms with Crippen LogP contribution in [0.25, 0.3) is 0 Å². The third-order valence-corrected chi connectivity index (χ3v) is 3.87. The van der Waals surface area contributed by atoms with Gasteiger partial charge in [0.15, 0.2) is 16.1 Å². The summed E-state index contributed by atoms with van der Waals surface area (Å²) in [6.45, 7) is 1.80. The summed E-state index contributed by atoms with van der Waals surface area (Å²) in [6.07, 6.45) is -1.28. The number of rotatable bonds is 6. The molecule has 0 saturated heterocycles. The molecule has 21 heavy (non-hydrogen) atoms. The number of alkyl carbamates (subject to hydrolysis) is 1. The first kappa shape index (κ1) is 17.4. The summed E-state index contributed by atoms with van der Waals surface area (Å²) in [5.41, 5.74) is 0.650. The molecule has 0 aliphatic heterocycles. The average molecular weight is 317 g/mol. The number of aliphatic hydroxyl groups is 2. The van der Waals surface area contributed by atoms with Gasteiger partial charge in [0.25, 0.3) is 0 Å². The number of nitrogens with one attached hydrogen (secondary N) is 1. The summed E-state index contributed by atoms with van der Waals surface area (Å²) >= 11 is 0. The number of carbonyl (C=O) groups is 1. The van der Waals surface area contributed by atoms with Gasteiger partial charge in [-0.1, -0.05) is 12.1 Å². The Labute approximate surface area is 123 Å². The lowest BCUT2D eigenvalue weighted by atomic mass is 10.1. The zero-order valence-corrected chi connectivity index (χ0v) is 12.6. The second-order valence-electron chi connectivity index (χ2n) is 4.51. The molecular weight excluding hydrogens is 298 g/mol. The van der Waals surface area contributed by atoms with E-state index in [0.29, 0.717) is 5.56 Å². The molecule has 0 aromatic heterocycles. The van der Waals surface area contributed by atoms with Crippen LogP contribution in [-0.2, 0) is 21.0 Å². The predicted molar refractivity (Wildman–Crippen MR) is 75.4 cm³/mol. The molecule has 118 valence electrons. The summed E-state index contributed by atoms with van der Waals surface area (Å²) < 4.78 is 27.3. The third-order valence-electron chi connectivity index (χ3n) is 2.75. The highest BCUT2D eigenvalue weighted by Crippen LogP contribution is 2.12. The Morgan fingerprint density at radius 3 is 2.29 bits per heavy atom. The minimum Gasteiger partial charge on any atom is -0.450 e. The van der Waals surface area contributed by atoms with Gasteiger partial charge in [-0.25, -0.2) is 13.2 Å². The van der Waals surface area contributed by atoms with E-state index in [0.717, 1.165) is 6.26 Å². The number of benzene rings is 1. The fourth-order valence-corrected chi connectivity index (χ4v) is 2.31. The number of sulfone groups is 1. The van der Waals surface area contributed by atoms with Crippen molar-refractivity contribution in [2.24, 2.45) is 0 Å². The molecule has 0 fully saturated rings. The Hall–Kier alpha value is -1.64. The van der Waals surface area contributed by atoms with E-state index in [1.54, 1.807) is 19.1 Å². The Morgan fingerprint density at radius 1 is 1.29 bits per heavy atom. The average Bonchev–Trinajstić information content (AvgIpc) is 2.37. The molecule has 8 heteroatoms. The van der Waals surface area contributed by atoms with Crippen LogP contribution in [0.1, 0.15) is 12.5 Å². The molecule has 0 aliphatic carbocycles. The first-order valence-electron chi connectivity index (χ1n) is 6.32. The van der Waals surface area contributed by atoms with Crippen LogP contribution in [0.15, 0.2) is 29.2 Å². The molecule has 1 unspecified atom stereocenters. The molecule has 0 heterocycles. The predicted octanol–water partition coefficient (Wildman–Crippen LogP) is 0.0580. The number of amides is 1. The third kappa shape index (κ3) is 5.70. The molecule has 1 rings (SSSR count). The van der Waals surface area contributed by atoms with Gasteiger partial charge in [0.2, 0.25) is 0 Å². The van der Waals surface area contributed by atoms with Gasteiger partial charge in [0.1, 0.15) is 0 Å². The molecule has 0 bridgehead atoms. The largest absolute Gasteiger partial charge is 0.450 e. The standard InChI is InChI=1S/C13H19NO6S/c1-3-20-13(17)14-11(12(15)16)8-9-4-6-10(7-5-9)21(2,18)19/h4-7,11-12,15-16H,3,8H2,1-2H3,(H,14,17). The van der Waals surface area contributed by atoms with Gasteiger partial charge in [-0.05, 0) is 31.0 Å². The van der Waals surface area contributed by atoms with E-state index in [9.17, 15) is 23.4 Å². The smallest absolute Gasteiger partial charge is 0.407 e.